The number of nitriles is 1. The Bertz CT molecular complexity index is 343. The van der Waals surface area contributed by atoms with Gasteiger partial charge in [0.1, 0.15) is 11.9 Å². The van der Waals surface area contributed by atoms with Crippen molar-refractivity contribution in [1.82, 2.24) is 0 Å². The van der Waals surface area contributed by atoms with Crippen LogP contribution in [0.25, 0.3) is 0 Å². The van der Waals surface area contributed by atoms with Crippen molar-refractivity contribution >= 4 is 0 Å². The van der Waals surface area contributed by atoms with Crippen molar-refractivity contribution in [1.29, 1.82) is 5.26 Å². The molecule has 0 fully saturated rings. The Morgan fingerprint density at radius 2 is 2.23 bits per heavy atom. The van der Waals surface area contributed by atoms with E-state index in [1.165, 1.54) is 12.1 Å². The van der Waals surface area contributed by atoms with E-state index in [1.54, 1.807) is 12.1 Å². The van der Waals surface area contributed by atoms with E-state index in [-0.39, 0.29) is 12.1 Å². The van der Waals surface area contributed by atoms with Gasteiger partial charge < -0.3 is 11.5 Å². The van der Waals surface area contributed by atoms with Crippen molar-refractivity contribution in [2.45, 2.75) is 6.04 Å². The lowest BCUT2D eigenvalue weighted by atomic mass is 10.0. The molecule has 0 saturated carbocycles. The summed E-state index contributed by atoms with van der Waals surface area (Å²) in [5.74, 6) is -0.567. The standard InChI is InChI=1S/C9H10FN3/c10-9-6(4-11)2-1-3-7(9)8(13)5-12/h1-3,8H,5,12-13H2/t8-/m1/s1. The average molecular weight is 179 g/mol. The lowest BCUT2D eigenvalue weighted by Crippen LogP contribution is -2.22. The van der Waals surface area contributed by atoms with Crippen LogP contribution in [0.3, 0.4) is 0 Å². The highest BCUT2D eigenvalue weighted by molar-refractivity contribution is 5.36. The number of hydrogen-bond donors (Lipinski definition) is 2. The van der Waals surface area contributed by atoms with Crippen molar-refractivity contribution in [2.75, 3.05) is 6.54 Å². The molecular formula is C9H10FN3. The van der Waals surface area contributed by atoms with Gasteiger partial charge in [0.25, 0.3) is 0 Å². The van der Waals surface area contributed by atoms with Crippen molar-refractivity contribution in [3.63, 3.8) is 0 Å². The van der Waals surface area contributed by atoms with Gasteiger partial charge in [-0.3, -0.25) is 0 Å². The second kappa shape index (κ2) is 3.99. The van der Waals surface area contributed by atoms with E-state index >= 15 is 0 Å². The van der Waals surface area contributed by atoms with Crippen molar-refractivity contribution in [3.05, 3.63) is 35.1 Å². The van der Waals surface area contributed by atoms with E-state index in [0.29, 0.717) is 5.56 Å². The Labute approximate surface area is 75.8 Å². The summed E-state index contributed by atoms with van der Waals surface area (Å²) in [7, 11) is 0. The Hall–Kier alpha value is -1.44. The number of nitrogens with two attached hydrogens (primary N) is 2. The zero-order chi connectivity index (χ0) is 9.84. The molecule has 0 aliphatic rings. The van der Waals surface area contributed by atoms with Crippen LogP contribution in [0.15, 0.2) is 18.2 Å². The second-order valence-corrected chi connectivity index (χ2v) is 2.66. The van der Waals surface area contributed by atoms with Gasteiger partial charge >= 0.3 is 0 Å². The van der Waals surface area contributed by atoms with E-state index in [2.05, 4.69) is 0 Å². The molecule has 0 amide bonds. The molecule has 13 heavy (non-hydrogen) atoms. The third-order valence-corrected chi connectivity index (χ3v) is 1.80. The van der Waals surface area contributed by atoms with Crippen LogP contribution in [0.2, 0.25) is 0 Å². The maximum absolute atomic E-state index is 13.4. The Kier molecular flexibility index (Phi) is 2.96. The van der Waals surface area contributed by atoms with Crippen LogP contribution in [0.5, 0.6) is 0 Å². The third-order valence-electron chi connectivity index (χ3n) is 1.80. The highest BCUT2D eigenvalue weighted by Crippen LogP contribution is 2.16. The van der Waals surface area contributed by atoms with Crippen molar-refractivity contribution in [2.24, 2.45) is 11.5 Å². The summed E-state index contributed by atoms with van der Waals surface area (Å²) < 4.78 is 13.4. The van der Waals surface area contributed by atoms with Crippen LogP contribution < -0.4 is 11.5 Å². The first kappa shape index (κ1) is 9.65. The molecule has 0 unspecified atom stereocenters. The largest absolute Gasteiger partial charge is 0.329 e. The zero-order valence-electron chi connectivity index (χ0n) is 7.00. The Morgan fingerprint density at radius 3 is 2.77 bits per heavy atom. The monoisotopic (exact) mass is 179 g/mol. The molecule has 3 nitrogen and oxygen atoms in total. The molecule has 1 atom stereocenters. The highest BCUT2D eigenvalue weighted by atomic mass is 19.1. The fourth-order valence-electron chi connectivity index (χ4n) is 1.05. The summed E-state index contributed by atoms with van der Waals surface area (Å²) in [4.78, 5) is 0. The molecule has 0 bridgehead atoms. The van der Waals surface area contributed by atoms with E-state index in [9.17, 15) is 4.39 Å². The van der Waals surface area contributed by atoms with E-state index < -0.39 is 11.9 Å². The first-order valence-corrected chi connectivity index (χ1v) is 3.85. The quantitative estimate of drug-likeness (QED) is 0.700. The van der Waals surface area contributed by atoms with Crippen LogP contribution >= 0.6 is 0 Å². The molecule has 4 N–H and O–H groups in total. The van der Waals surface area contributed by atoms with Gasteiger partial charge in [0, 0.05) is 18.2 Å². The molecule has 0 spiro atoms. The average Bonchev–Trinajstić information content (AvgIpc) is 2.17. The predicted octanol–water partition coefficient (Wildman–Crippen LogP) is 0.656. The first-order chi connectivity index (χ1) is 6.20. The van der Waals surface area contributed by atoms with Gasteiger partial charge in [-0.1, -0.05) is 12.1 Å². The molecule has 4 heteroatoms. The summed E-state index contributed by atoms with van der Waals surface area (Å²) in [5, 5.41) is 8.54. The summed E-state index contributed by atoms with van der Waals surface area (Å²) in [6.07, 6.45) is 0. The van der Waals surface area contributed by atoms with Crippen LogP contribution in [-0.2, 0) is 0 Å². The number of nitrogens with zero attached hydrogens (tertiary/aromatic N) is 1. The lowest BCUT2D eigenvalue weighted by Gasteiger charge is -2.10. The predicted molar refractivity (Wildman–Crippen MR) is 47.1 cm³/mol. The van der Waals surface area contributed by atoms with Crippen LogP contribution in [0.4, 0.5) is 4.39 Å². The third kappa shape index (κ3) is 1.83. The van der Waals surface area contributed by atoms with Gasteiger partial charge in [-0.25, -0.2) is 4.39 Å². The highest BCUT2D eigenvalue weighted by Gasteiger charge is 2.12. The van der Waals surface area contributed by atoms with Gasteiger partial charge in [0.2, 0.25) is 0 Å². The maximum atomic E-state index is 13.4. The van der Waals surface area contributed by atoms with E-state index in [4.69, 9.17) is 16.7 Å². The maximum Gasteiger partial charge on any atom is 0.145 e. The minimum Gasteiger partial charge on any atom is -0.329 e. The summed E-state index contributed by atoms with van der Waals surface area (Å²) in [5.41, 5.74) is 11.1. The van der Waals surface area contributed by atoms with Gasteiger partial charge in [0.15, 0.2) is 0 Å². The molecule has 1 aromatic rings. The Morgan fingerprint density at radius 1 is 1.54 bits per heavy atom. The molecule has 0 aliphatic heterocycles. The molecule has 0 heterocycles. The lowest BCUT2D eigenvalue weighted by molar-refractivity contribution is 0.581. The molecular weight excluding hydrogens is 169 g/mol. The van der Waals surface area contributed by atoms with Crippen LogP contribution in [0.1, 0.15) is 17.2 Å². The first-order valence-electron chi connectivity index (χ1n) is 3.85. The molecule has 0 radical (unpaired) electrons. The fourth-order valence-corrected chi connectivity index (χ4v) is 1.05. The van der Waals surface area contributed by atoms with Gasteiger partial charge in [-0.15, -0.1) is 0 Å². The number of benzene rings is 1. The minimum atomic E-state index is -0.567. The SMILES string of the molecule is N#Cc1cccc([C@H](N)CN)c1F. The van der Waals surface area contributed by atoms with E-state index in [1.807, 2.05) is 0 Å². The molecule has 0 aliphatic carbocycles. The smallest absolute Gasteiger partial charge is 0.145 e. The van der Waals surface area contributed by atoms with Gasteiger partial charge in [-0.2, -0.15) is 5.26 Å². The molecule has 0 aromatic heterocycles. The van der Waals surface area contributed by atoms with Crippen molar-refractivity contribution in [3.8, 4) is 6.07 Å². The minimum absolute atomic E-state index is 0.00130. The molecule has 68 valence electrons. The van der Waals surface area contributed by atoms with E-state index in [0.717, 1.165) is 0 Å². The molecule has 1 rings (SSSR count). The second-order valence-electron chi connectivity index (χ2n) is 2.66. The molecule has 0 saturated heterocycles. The number of rotatable bonds is 2. The summed E-state index contributed by atoms with van der Waals surface area (Å²) in [6.45, 7) is 0.159. The summed E-state index contributed by atoms with van der Waals surface area (Å²) in [6, 6.07) is 5.73. The number of halogens is 1. The van der Waals surface area contributed by atoms with Crippen LogP contribution in [0, 0.1) is 17.1 Å². The topological polar surface area (TPSA) is 75.8 Å². The zero-order valence-corrected chi connectivity index (χ0v) is 7.00. The fraction of sp³-hybridized carbons (Fsp3) is 0.222. The van der Waals surface area contributed by atoms with Crippen molar-refractivity contribution < 1.29 is 4.39 Å². The van der Waals surface area contributed by atoms with Gasteiger partial charge in [-0.05, 0) is 6.07 Å². The Balaban J connectivity index is 3.17. The van der Waals surface area contributed by atoms with Crippen LogP contribution in [-0.4, -0.2) is 6.54 Å². The normalized spacial score (nSPS) is 12.2. The van der Waals surface area contributed by atoms with Gasteiger partial charge in [0.05, 0.1) is 5.56 Å². The molecule has 1 aromatic carbocycles. The summed E-state index contributed by atoms with van der Waals surface area (Å²) >= 11 is 0. The number of hydrogen-bond acceptors (Lipinski definition) is 3.